The molecule has 0 bridgehead atoms. The normalized spacial score (nSPS) is 24.8. The van der Waals surface area contributed by atoms with Gasteiger partial charge in [-0.05, 0) is 5.92 Å². The zero-order valence-corrected chi connectivity index (χ0v) is 6.68. The summed E-state index contributed by atoms with van der Waals surface area (Å²) in [6.07, 6.45) is 0.392. The van der Waals surface area contributed by atoms with Crippen LogP contribution in [0.2, 0.25) is 0 Å². The van der Waals surface area contributed by atoms with E-state index in [-0.39, 0.29) is 18.0 Å². The Kier molecular flexibility index (Phi) is 2.12. The van der Waals surface area contributed by atoms with Gasteiger partial charge in [0.05, 0.1) is 0 Å². The van der Waals surface area contributed by atoms with Gasteiger partial charge >= 0.3 is 6.03 Å². The number of imide groups is 1. The summed E-state index contributed by atoms with van der Waals surface area (Å²) in [6.45, 7) is 3.95. The Labute approximate surface area is 65.3 Å². The first-order valence-electron chi connectivity index (χ1n) is 3.70. The molecule has 62 valence electrons. The average molecular weight is 156 g/mol. The van der Waals surface area contributed by atoms with Gasteiger partial charge in [-0.1, -0.05) is 13.8 Å². The lowest BCUT2D eigenvalue weighted by Gasteiger charge is -2.25. The van der Waals surface area contributed by atoms with E-state index in [1.165, 1.54) is 0 Å². The summed E-state index contributed by atoms with van der Waals surface area (Å²) in [5, 5.41) is 4.85. The molecule has 0 saturated carbocycles. The predicted octanol–water partition coefficient (Wildman–Crippen LogP) is 0.241. The summed E-state index contributed by atoms with van der Waals surface area (Å²) >= 11 is 0. The number of urea groups is 1. The number of nitrogens with one attached hydrogen (secondary N) is 2. The third-order valence-corrected chi connectivity index (χ3v) is 1.78. The first-order chi connectivity index (χ1) is 5.09. The van der Waals surface area contributed by atoms with Crippen LogP contribution in [0.3, 0.4) is 0 Å². The standard InChI is InChI=1S/C7H12N2O2/c1-4(2)5-3-6(10)9-7(11)8-5/h4-5H,3H2,1-2H3,(H2,8,9,10,11). The molecule has 0 aromatic rings. The Morgan fingerprint density at radius 1 is 1.45 bits per heavy atom. The van der Waals surface area contributed by atoms with Gasteiger partial charge in [0, 0.05) is 12.5 Å². The lowest BCUT2D eigenvalue weighted by atomic mass is 10.00. The molecule has 0 aliphatic carbocycles. The SMILES string of the molecule is CC(C)C1CC(=O)NC(=O)N1. The van der Waals surface area contributed by atoms with Gasteiger partial charge in [0.15, 0.2) is 0 Å². The van der Waals surface area contributed by atoms with Crippen molar-refractivity contribution in [3.8, 4) is 0 Å². The monoisotopic (exact) mass is 156 g/mol. The van der Waals surface area contributed by atoms with E-state index >= 15 is 0 Å². The molecule has 1 heterocycles. The first kappa shape index (κ1) is 8.04. The van der Waals surface area contributed by atoms with E-state index in [2.05, 4.69) is 10.6 Å². The number of rotatable bonds is 1. The number of carbonyl (C=O) groups excluding carboxylic acids is 2. The predicted molar refractivity (Wildman–Crippen MR) is 39.9 cm³/mol. The van der Waals surface area contributed by atoms with E-state index in [4.69, 9.17) is 0 Å². The molecule has 1 atom stereocenters. The number of amides is 3. The van der Waals surface area contributed by atoms with E-state index in [1.54, 1.807) is 0 Å². The van der Waals surface area contributed by atoms with E-state index in [0.29, 0.717) is 12.3 Å². The topological polar surface area (TPSA) is 58.2 Å². The molecule has 2 N–H and O–H groups in total. The van der Waals surface area contributed by atoms with Crippen molar-refractivity contribution in [1.29, 1.82) is 0 Å². The first-order valence-corrected chi connectivity index (χ1v) is 3.70. The molecule has 11 heavy (non-hydrogen) atoms. The van der Waals surface area contributed by atoms with E-state index in [0.717, 1.165) is 0 Å². The van der Waals surface area contributed by atoms with E-state index in [9.17, 15) is 9.59 Å². The highest BCUT2D eigenvalue weighted by Crippen LogP contribution is 2.08. The minimum atomic E-state index is -0.375. The Bertz CT molecular complexity index is 173. The molecule has 1 fully saturated rings. The molecule has 1 aliphatic heterocycles. The van der Waals surface area contributed by atoms with Crippen molar-refractivity contribution in [1.82, 2.24) is 10.6 Å². The molecule has 0 radical (unpaired) electrons. The van der Waals surface area contributed by atoms with Crippen LogP contribution in [0.1, 0.15) is 20.3 Å². The summed E-state index contributed by atoms with van der Waals surface area (Å²) in [6, 6.07) is -0.379. The molecule has 1 unspecified atom stereocenters. The van der Waals surface area contributed by atoms with Crippen molar-refractivity contribution in [3.63, 3.8) is 0 Å². The Hall–Kier alpha value is -1.06. The molecular weight excluding hydrogens is 144 g/mol. The maximum Gasteiger partial charge on any atom is 0.321 e. The molecule has 0 spiro atoms. The minimum absolute atomic E-state index is 0.00347. The average Bonchev–Trinajstić information content (AvgIpc) is 1.85. The van der Waals surface area contributed by atoms with Crippen molar-refractivity contribution in [2.75, 3.05) is 0 Å². The Balaban J connectivity index is 2.56. The summed E-state index contributed by atoms with van der Waals surface area (Å²) in [5.41, 5.74) is 0. The van der Waals surface area contributed by atoms with Crippen molar-refractivity contribution >= 4 is 11.9 Å². The van der Waals surface area contributed by atoms with Gasteiger partial charge in [0.1, 0.15) is 0 Å². The van der Waals surface area contributed by atoms with Crippen LogP contribution in [0.5, 0.6) is 0 Å². The van der Waals surface area contributed by atoms with E-state index in [1.807, 2.05) is 13.8 Å². The second-order valence-electron chi connectivity index (χ2n) is 3.08. The number of carbonyl (C=O) groups is 2. The zero-order valence-electron chi connectivity index (χ0n) is 6.68. The molecule has 4 heteroatoms. The largest absolute Gasteiger partial charge is 0.334 e. The lowest BCUT2D eigenvalue weighted by Crippen LogP contribution is -2.53. The third-order valence-electron chi connectivity index (χ3n) is 1.78. The van der Waals surface area contributed by atoms with Crippen LogP contribution < -0.4 is 10.6 Å². The Morgan fingerprint density at radius 3 is 2.55 bits per heavy atom. The van der Waals surface area contributed by atoms with Gasteiger partial charge in [-0.2, -0.15) is 0 Å². The molecule has 1 aliphatic rings. The fraction of sp³-hybridized carbons (Fsp3) is 0.714. The van der Waals surface area contributed by atoms with Crippen molar-refractivity contribution in [3.05, 3.63) is 0 Å². The van der Waals surface area contributed by atoms with Crippen LogP contribution in [0.15, 0.2) is 0 Å². The van der Waals surface area contributed by atoms with Crippen molar-refractivity contribution in [2.24, 2.45) is 5.92 Å². The Morgan fingerprint density at radius 2 is 2.09 bits per heavy atom. The minimum Gasteiger partial charge on any atom is -0.334 e. The lowest BCUT2D eigenvalue weighted by molar-refractivity contribution is -0.121. The van der Waals surface area contributed by atoms with Crippen LogP contribution in [0.25, 0.3) is 0 Å². The highest BCUT2D eigenvalue weighted by molar-refractivity contribution is 5.97. The van der Waals surface area contributed by atoms with Gasteiger partial charge in [-0.15, -0.1) is 0 Å². The van der Waals surface area contributed by atoms with Gasteiger partial charge in [0.25, 0.3) is 0 Å². The molecular formula is C7H12N2O2. The second-order valence-corrected chi connectivity index (χ2v) is 3.08. The van der Waals surface area contributed by atoms with Gasteiger partial charge in [-0.3, -0.25) is 10.1 Å². The maximum absolute atomic E-state index is 10.8. The quantitative estimate of drug-likeness (QED) is 0.571. The van der Waals surface area contributed by atoms with Gasteiger partial charge in [0.2, 0.25) is 5.91 Å². The fourth-order valence-corrected chi connectivity index (χ4v) is 1.04. The summed E-state index contributed by atoms with van der Waals surface area (Å²) in [4.78, 5) is 21.6. The fourth-order valence-electron chi connectivity index (χ4n) is 1.04. The van der Waals surface area contributed by atoms with Crippen LogP contribution >= 0.6 is 0 Å². The molecule has 1 saturated heterocycles. The van der Waals surface area contributed by atoms with Crippen LogP contribution in [-0.2, 0) is 4.79 Å². The van der Waals surface area contributed by atoms with Gasteiger partial charge < -0.3 is 5.32 Å². The number of hydrogen-bond donors (Lipinski definition) is 2. The molecule has 4 nitrogen and oxygen atoms in total. The number of hydrogen-bond acceptors (Lipinski definition) is 2. The summed E-state index contributed by atoms with van der Waals surface area (Å²) < 4.78 is 0. The molecule has 1 rings (SSSR count). The van der Waals surface area contributed by atoms with Crippen LogP contribution in [0, 0.1) is 5.92 Å². The summed E-state index contributed by atoms with van der Waals surface area (Å²) in [5.74, 6) is 0.123. The molecule has 3 amide bonds. The molecule has 0 aromatic carbocycles. The molecule has 0 aromatic heterocycles. The van der Waals surface area contributed by atoms with Gasteiger partial charge in [-0.25, -0.2) is 4.79 Å². The van der Waals surface area contributed by atoms with E-state index < -0.39 is 0 Å². The van der Waals surface area contributed by atoms with Crippen molar-refractivity contribution < 1.29 is 9.59 Å². The highest BCUT2D eigenvalue weighted by Gasteiger charge is 2.25. The second kappa shape index (κ2) is 2.90. The zero-order chi connectivity index (χ0) is 8.43. The van der Waals surface area contributed by atoms with Crippen LogP contribution in [0.4, 0.5) is 4.79 Å². The highest BCUT2D eigenvalue weighted by atomic mass is 16.2. The maximum atomic E-state index is 10.8. The summed E-state index contributed by atoms with van der Waals surface area (Å²) in [7, 11) is 0. The van der Waals surface area contributed by atoms with Crippen LogP contribution in [-0.4, -0.2) is 18.0 Å². The smallest absolute Gasteiger partial charge is 0.321 e. The third kappa shape index (κ3) is 1.93. The van der Waals surface area contributed by atoms with Crippen molar-refractivity contribution in [2.45, 2.75) is 26.3 Å².